The van der Waals surface area contributed by atoms with Gasteiger partial charge in [0, 0.05) is 7.11 Å². The lowest BCUT2D eigenvalue weighted by Gasteiger charge is -2.16. The number of ether oxygens (including phenoxy) is 2. The number of alkyl halides is 3. The van der Waals surface area contributed by atoms with Gasteiger partial charge in [-0.25, -0.2) is 8.42 Å². The van der Waals surface area contributed by atoms with Gasteiger partial charge in [0.15, 0.2) is 0 Å². The summed E-state index contributed by atoms with van der Waals surface area (Å²) in [6, 6.07) is 9.91. The number of hydrogen-bond acceptors (Lipinski definition) is 4. The summed E-state index contributed by atoms with van der Waals surface area (Å²) in [5.74, 6) is -0.0236. The minimum absolute atomic E-state index is 0.0236. The third-order valence-electron chi connectivity index (χ3n) is 3.15. The van der Waals surface area contributed by atoms with Crippen LogP contribution in [0.25, 0.3) is 0 Å². The van der Waals surface area contributed by atoms with Gasteiger partial charge in [0.05, 0.1) is 22.8 Å². The molecule has 25 heavy (non-hydrogen) atoms. The van der Waals surface area contributed by atoms with Crippen LogP contribution in [0.2, 0.25) is 0 Å². The maximum atomic E-state index is 12.9. The number of hydrogen-bond donors (Lipinski definition) is 1. The maximum Gasteiger partial charge on any atom is 0.416 e. The highest BCUT2D eigenvalue weighted by molar-refractivity contribution is 7.92. The summed E-state index contributed by atoms with van der Waals surface area (Å²) in [7, 11) is -2.62. The number of nitrogens with one attached hydrogen (secondary N) is 1. The van der Waals surface area contributed by atoms with Gasteiger partial charge >= 0.3 is 6.18 Å². The van der Waals surface area contributed by atoms with Crippen LogP contribution in [0.1, 0.15) is 5.56 Å². The molecule has 0 spiro atoms. The van der Waals surface area contributed by atoms with E-state index < -0.39 is 21.8 Å². The zero-order valence-electron chi connectivity index (χ0n) is 13.2. The normalized spacial score (nSPS) is 12.0. The smallest absolute Gasteiger partial charge is 0.416 e. The van der Waals surface area contributed by atoms with Crippen LogP contribution >= 0.6 is 0 Å². The maximum absolute atomic E-state index is 12.9. The fourth-order valence-electron chi connectivity index (χ4n) is 1.95. The Kier molecular flexibility index (Phi) is 5.91. The van der Waals surface area contributed by atoms with Crippen LogP contribution in [0.3, 0.4) is 0 Å². The van der Waals surface area contributed by atoms with E-state index >= 15 is 0 Å². The Morgan fingerprint density at radius 2 is 1.72 bits per heavy atom. The van der Waals surface area contributed by atoms with E-state index in [1.54, 1.807) is 6.07 Å². The first-order valence-electron chi connectivity index (χ1n) is 7.15. The largest absolute Gasteiger partial charge is 0.489 e. The number of rotatable bonds is 7. The third kappa shape index (κ3) is 5.10. The monoisotopic (exact) mass is 375 g/mol. The van der Waals surface area contributed by atoms with Crippen LogP contribution in [-0.4, -0.2) is 28.7 Å². The molecule has 1 N–H and O–H groups in total. The highest BCUT2D eigenvalue weighted by Crippen LogP contribution is 2.36. The van der Waals surface area contributed by atoms with Crippen molar-refractivity contribution in [2.24, 2.45) is 0 Å². The first-order valence-corrected chi connectivity index (χ1v) is 8.63. The summed E-state index contributed by atoms with van der Waals surface area (Å²) in [6.07, 6.45) is -4.61. The van der Waals surface area contributed by atoms with Crippen molar-refractivity contribution in [3.8, 4) is 5.75 Å². The number of benzene rings is 2. The molecule has 2 aromatic carbocycles. The Hall–Kier alpha value is -2.26. The van der Waals surface area contributed by atoms with E-state index in [1.807, 2.05) is 0 Å². The second-order valence-corrected chi connectivity index (χ2v) is 6.65. The van der Waals surface area contributed by atoms with E-state index in [1.165, 1.54) is 31.4 Å². The Bertz CT molecular complexity index is 808. The number of methoxy groups -OCH3 is 1. The molecule has 2 aromatic rings. The van der Waals surface area contributed by atoms with Crippen LogP contribution < -0.4 is 9.46 Å². The molecule has 2 rings (SSSR count). The quantitative estimate of drug-likeness (QED) is 0.752. The van der Waals surface area contributed by atoms with Crippen molar-refractivity contribution >= 4 is 15.7 Å². The van der Waals surface area contributed by atoms with Crippen molar-refractivity contribution in [3.05, 3.63) is 54.1 Å². The summed E-state index contributed by atoms with van der Waals surface area (Å²) in [5, 5.41) is 0. The fourth-order valence-corrected chi connectivity index (χ4v) is 3.03. The molecule has 0 aliphatic rings. The highest BCUT2D eigenvalue weighted by Gasteiger charge is 2.31. The van der Waals surface area contributed by atoms with E-state index in [4.69, 9.17) is 9.47 Å². The number of anilines is 1. The Labute approximate surface area is 143 Å². The first-order chi connectivity index (χ1) is 11.7. The van der Waals surface area contributed by atoms with Crippen molar-refractivity contribution in [1.82, 2.24) is 0 Å². The Balaban J connectivity index is 2.38. The molecular formula is C16H16F3NO4S. The van der Waals surface area contributed by atoms with Crippen LogP contribution in [0.5, 0.6) is 5.75 Å². The molecule has 0 saturated carbocycles. The average Bonchev–Trinajstić information content (AvgIpc) is 2.56. The average molecular weight is 375 g/mol. The standard InChI is InChI=1S/C16H16F3NO4S/c1-23-9-10-24-15-8-7-12(16(17,18)19)11-14(15)20-25(21,22)13-5-3-2-4-6-13/h2-8,11,20H,9-10H2,1H3. The van der Waals surface area contributed by atoms with Gasteiger partial charge in [-0.1, -0.05) is 18.2 Å². The fraction of sp³-hybridized carbons (Fsp3) is 0.250. The molecule has 0 unspecified atom stereocenters. The van der Waals surface area contributed by atoms with Crippen molar-refractivity contribution in [2.75, 3.05) is 25.0 Å². The third-order valence-corrected chi connectivity index (χ3v) is 4.53. The molecule has 0 aliphatic carbocycles. The first kappa shape index (κ1) is 19.1. The Morgan fingerprint density at radius 1 is 1.04 bits per heavy atom. The minimum atomic E-state index is -4.61. The van der Waals surface area contributed by atoms with E-state index in [0.29, 0.717) is 6.07 Å². The lowest BCUT2D eigenvalue weighted by molar-refractivity contribution is -0.137. The van der Waals surface area contributed by atoms with Crippen LogP contribution in [0, 0.1) is 0 Å². The minimum Gasteiger partial charge on any atom is -0.489 e. The van der Waals surface area contributed by atoms with Gasteiger partial charge in [-0.15, -0.1) is 0 Å². The van der Waals surface area contributed by atoms with Crippen molar-refractivity contribution in [2.45, 2.75) is 11.1 Å². The second kappa shape index (κ2) is 7.75. The van der Waals surface area contributed by atoms with Crippen LogP contribution in [0.15, 0.2) is 53.4 Å². The predicted molar refractivity (Wildman–Crippen MR) is 86.1 cm³/mol. The lowest BCUT2D eigenvalue weighted by Crippen LogP contribution is -2.16. The molecule has 0 amide bonds. The molecule has 0 heterocycles. The molecular weight excluding hydrogens is 359 g/mol. The lowest BCUT2D eigenvalue weighted by atomic mass is 10.2. The predicted octanol–water partition coefficient (Wildman–Crippen LogP) is 3.53. The molecule has 9 heteroatoms. The van der Waals surface area contributed by atoms with Crippen molar-refractivity contribution in [1.29, 1.82) is 0 Å². The summed E-state index contributed by atoms with van der Waals surface area (Å²) < 4.78 is 75.8. The Morgan fingerprint density at radius 3 is 2.32 bits per heavy atom. The number of sulfonamides is 1. The van der Waals surface area contributed by atoms with Gasteiger partial charge in [0.25, 0.3) is 10.0 Å². The molecule has 136 valence electrons. The summed E-state index contributed by atoms with van der Waals surface area (Å²) in [6.45, 7) is 0.258. The molecule has 5 nitrogen and oxygen atoms in total. The molecule has 0 aromatic heterocycles. The summed E-state index contributed by atoms with van der Waals surface area (Å²) in [5.41, 5.74) is -1.29. The van der Waals surface area contributed by atoms with Crippen molar-refractivity contribution < 1.29 is 31.1 Å². The molecule has 0 bridgehead atoms. The highest BCUT2D eigenvalue weighted by atomic mass is 32.2. The van der Waals surface area contributed by atoms with Gasteiger partial charge in [-0.2, -0.15) is 13.2 Å². The zero-order chi connectivity index (χ0) is 18.5. The number of halogens is 3. The van der Waals surface area contributed by atoms with Gasteiger partial charge in [-0.05, 0) is 30.3 Å². The summed E-state index contributed by atoms with van der Waals surface area (Å²) in [4.78, 5) is -0.0738. The second-order valence-electron chi connectivity index (χ2n) is 4.97. The van der Waals surface area contributed by atoms with Gasteiger partial charge < -0.3 is 9.47 Å². The molecule has 0 fully saturated rings. The van der Waals surface area contributed by atoms with Gasteiger partial charge in [-0.3, -0.25) is 4.72 Å². The van der Waals surface area contributed by atoms with Crippen LogP contribution in [-0.2, 0) is 20.9 Å². The van der Waals surface area contributed by atoms with Gasteiger partial charge in [0.1, 0.15) is 12.4 Å². The van der Waals surface area contributed by atoms with E-state index in [2.05, 4.69) is 4.72 Å². The zero-order valence-corrected chi connectivity index (χ0v) is 14.0. The SMILES string of the molecule is COCCOc1ccc(C(F)(F)F)cc1NS(=O)(=O)c1ccccc1. The van der Waals surface area contributed by atoms with Crippen LogP contribution in [0.4, 0.5) is 18.9 Å². The van der Waals surface area contributed by atoms with E-state index in [9.17, 15) is 21.6 Å². The molecule has 0 radical (unpaired) electrons. The molecule has 0 aliphatic heterocycles. The summed E-state index contributed by atoms with van der Waals surface area (Å²) >= 11 is 0. The van der Waals surface area contributed by atoms with Gasteiger partial charge in [0.2, 0.25) is 0 Å². The van der Waals surface area contributed by atoms with Crippen molar-refractivity contribution in [3.63, 3.8) is 0 Å². The van der Waals surface area contributed by atoms with E-state index in [0.717, 1.165) is 12.1 Å². The topological polar surface area (TPSA) is 64.6 Å². The molecule has 0 atom stereocenters. The van der Waals surface area contributed by atoms with E-state index in [-0.39, 0.29) is 29.5 Å². The molecule has 0 saturated heterocycles.